The van der Waals surface area contributed by atoms with Crippen LogP contribution in [0.2, 0.25) is 4.34 Å². The summed E-state index contributed by atoms with van der Waals surface area (Å²) in [5.74, 6) is 1.05. The molecule has 0 saturated heterocycles. The van der Waals surface area contributed by atoms with Gasteiger partial charge < -0.3 is 10.5 Å². The van der Waals surface area contributed by atoms with Gasteiger partial charge in [-0.05, 0) is 32.0 Å². The van der Waals surface area contributed by atoms with Crippen LogP contribution in [0.25, 0.3) is 0 Å². The van der Waals surface area contributed by atoms with Gasteiger partial charge in [0.2, 0.25) is 0 Å². The smallest absolute Gasteiger partial charge is 0.123 e. The lowest BCUT2D eigenvalue weighted by molar-refractivity contribution is 0.335. The minimum Gasteiger partial charge on any atom is -0.494 e. The number of thiophene rings is 1. The maximum atomic E-state index is 6.03. The van der Waals surface area contributed by atoms with Crippen molar-refractivity contribution in [3.63, 3.8) is 0 Å². The first-order valence-corrected chi connectivity index (χ1v) is 7.53. The maximum Gasteiger partial charge on any atom is 0.123 e. The van der Waals surface area contributed by atoms with Crippen LogP contribution in [-0.4, -0.2) is 13.2 Å². The molecule has 1 aromatic heterocycles. The van der Waals surface area contributed by atoms with Gasteiger partial charge >= 0.3 is 0 Å². The summed E-state index contributed by atoms with van der Waals surface area (Å²) in [4.78, 5) is 1.18. The van der Waals surface area contributed by atoms with Gasteiger partial charge in [0.15, 0.2) is 0 Å². The fourth-order valence-electron chi connectivity index (χ4n) is 2.14. The lowest BCUT2D eigenvalue weighted by atomic mass is 9.95. The molecule has 0 fully saturated rings. The fourth-order valence-corrected chi connectivity index (χ4v) is 3.33. The van der Waals surface area contributed by atoms with E-state index in [9.17, 15) is 0 Å². The van der Waals surface area contributed by atoms with Crippen molar-refractivity contribution in [3.8, 4) is 5.75 Å². The third-order valence-electron chi connectivity index (χ3n) is 3.01. The highest BCUT2D eigenvalue weighted by Gasteiger charge is 2.19. The zero-order valence-corrected chi connectivity index (χ0v) is 12.7. The van der Waals surface area contributed by atoms with E-state index in [1.54, 1.807) is 11.3 Å². The van der Waals surface area contributed by atoms with Crippen molar-refractivity contribution in [2.24, 2.45) is 5.73 Å². The second-order valence-corrected chi connectivity index (χ2v) is 6.15. The second-order valence-electron chi connectivity index (χ2n) is 4.40. The van der Waals surface area contributed by atoms with Crippen molar-refractivity contribution < 1.29 is 4.74 Å². The average molecular weight is 296 g/mol. The van der Waals surface area contributed by atoms with E-state index in [-0.39, 0.29) is 5.92 Å². The highest BCUT2D eigenvalue weighted by atomic mass is 35.5. The molecule has 2 rings (SSSR count). The Morgan fingerprint density at radius 3 is 2.68 bits per heavy atom. The molecule has 2 aromatic rings. The first kappa shape index (κ1) is 14.4. The highest BCUT2D eigenvalue weighted by Crippen LogP contribution is 2.36. The Kier molecular flexibility index (Phi) is 4.86. The third kappa shape index (κ3) is 3.30. The number of hydrogen-bond donors (Lipinski definition) is 1. The van der Waals surface area contributed by atoms with E-state index in [2.05, 4.69) is 19.1 Å². The number of benzene rings is 1. The zero-order chi connectivity index (χ0) is 13.8. The molecule has 1 heterocycles. The van der Waals surface area contributed by atoms with Gasteiger partial charge in [0.05, 0.1) is 10.9 Å². The van der Waals surface area contributed by atoms with Crippen molar-refractivity contribution in [3.05, 3.63) is 50.7 Å². The van der Waals surface area contributed by atoms with E-state index in [1.807, 2.05) is 25.1 Å². The molecule has 102 valence electrons. The summed E-state index contributed by atoms with van der Waals surface area (Å²) in [5, 5.41) is 0. The molecule has 0 radical (unpaired) electrons. The number of ether oxygens (including phenoxy) is 1. The predicted molar refractivity (Wildman–Crippen MR) is 82.6 cm³/mol. The standard InChI is InChI=1S/C15H18ClNOS/c1-3-18-13-5-4-10(2)8-11(13)12(9-17)14-6-7-15(16)19-14/h4-8,12H,3,9,17H2,1-2H3. The number of rotatable bonds is 5. The molecular formula is C15H18ClNOS. The van der Waals surface area contributed by atoms with Gasteiger partial charge in [0.25, 0.3) is 0 Å². The van der Waals surface area contributed by atoms with Crippen LogP contribution in [0, 0.1) is 6.92 Å². The van der Waals surface area contributed by atoms with Gasteiger partial charge in [-0.1, -0.05) is 29.3 Å². The average Bonchev–Trinajstić information content (AvgIpc) is 2.80. The molecule has 0 bridgehead atoms. The van der Waals surface area contributed by atoms with Gasteiger partial charge in [-0.3, -0.25) is 0 Å². The lowest BCUT2D eigenvalue weighted by Crippen LogP contribution is -2.14. The molecule has 2 nitrogen and oxygen atoms in total. The molecule has 1 aromatic carbocycles. The first-order chi connectivity index (χ1) is 9.15. The molecule has 4 heteroatoms. The van der Waals surface area contributed by atoms with Crippen molar-refractivity contribution in [2.75, 3.05) is 13.2 Å². The van der Waals surface area contributed by atoms with E-state index < -0.39 is 0 Å². The molecule has 0 aliphatic rings. The molecule has 2 N–H and O–H groups in total. The molecule has 1 atom stereocenters. The van der Waals surface area contributed by atoms with E-state index >= 15 is 0 Å². The monoisotopic (exact) mass is 295 g/mol. The van der Waals surface area contributed by atoms with E-state index in [0.717, 1.165) is 15.6 Å². The molecule has 0 aliphatic heterocycles. The largest absolute Gasteiger partial charge is 0.494 e. The molecular weight excluding hydrogens is 278 g/mol. The Balaban J connectivity index is 2.44. The predicted octanol–water partition coefficient (Wildman–Crippen LogP) is 4.20. The van der Waals surface area contributed by atoms with Crippen LogP contribution in [0.15, 0.2) is 30.3 Å². The van der Waals surface area contributed by atoms with Crippen LogP contribution in [0.5, 0.6) is 5.75 Å². The van der Waals surface area contributed by atoms with Crippen LogP contribution in [0.3, 0.4) is 0 Å². The van der Waals surface area contributed by atoms with Crippen molar-refractivity contribution in [2.45, 2.75) is 19.8 Å². The van der Waals surface area contributed by atoms with E-state index in [0.29, 0.717) is 13.2 Å². The van der Waals surface area contributed by atoms with Crippen LogP contribution in [0.1, 0.15) is 28.8 Å². The Morgan fingerprint density at radius 2 is 2.11 bits per heavy atom. The lowest BCUT2D eigenvalue weighted by Gasteiger charge is -2.18. The summed E-state index contributed by atoms with van der Waals surface area (Å²) in [7, 11) is 0. The highest BCUT2D eigenvalue weighted by molar-refractivity contribution is 7.16. The summed E-state index contributed by atoms with van der Waals surface area (Å²) in [6.45, 7) is 5.26. The van der Waals surface area contributed by atoms with Gasteiger partial charge in [-0.25, -0.2) is 0 Å². The molecule has 1 unspecified atom stereocenters. The van der Waals surface area contributed by atoms with Crippen molar-refractivity contribution in [1.82, 2.24) is 0 Å². The van der Waals surface area contributed by atoms with Crippen LogP contribution >= 0.6 is 22.9 Å². The third-order valence-corrected chi connectivity index (χ3v) is 4.36. The van der Waals surface area contributed by atoms with Crippen LogP contribution in [0.4, 0.5) is 0 Å². The summed E-state index contributed by atoms with van der Waals surface area (Å²) in [6, 6.07) is 10.2. The number of hydrogen-bond acceptors (Lipinski definition) is 3. The number of aryl methyl sites for hydroxylation is 1. The number of halogens is 1. The summed E-state index contributed by atoms with van der Waals surface area (Å²) < 4.78 is 6.51. The van der Waals surface area contributed by atoms with Gasteiger partial charge in [0, 0.05) is 22.9 Å². The Bertz CT molecular complexity index is 553. The summed E-state index contributed by atoms with van der Waals surface area (Å²) >= 11 is 7.61. The van der Waals surface area contributed by atoms with E-state index in [4.69, 9.17) is 22.1 Å². The summed E-state index contributed by atoms with van der Waals surface area (Å²) in [5.41, 5.74) is 8.32. The van der Waals surface area contributed by atoms with Crippen molar-refractivity contribution >= 4 is 22.9 Å². The van der Waals surface area contributed by atoms with Crippen molar-refractivity contribution in [1.29, 1.82) is 0 Å². The zero-order valence-electron chi connectivity index (χ0n) is 11.2. The van der Waals surface area contributed by atoms with Gasteiger partial charge in [-0.15, -0.1) is 11.3 Å². The minimum absolute atomic E-state index is 0.138. The van der Waals surface area contributed by atoms with Gasteiger partial charge in [-0.2, -0.15) is 0 Å². The van der Waals surface area contributed by atoms with Crippen LogP contribution in [-0.2, 0) is 0 Å². The topological polar surface area (TPSA) is 35.2 Å². The molecule has 19 heavy (non-hydrogen) atoms. The number of nitrogens with two attached hydrogens (primary N) is 1. The van der Waals surface area contributed by atoms with E-state index in [1.165, 1.54) is 10.4 Å². The Morgan fingerprint density at radius 1 is 1.32 bits per heavy atom. The quantitative estimate of drug-likeness (QED) is 0.897. The normalized spacial score (nSPS) is 12.4. The molecule has 0 amide bonds. The van der Waals surface area contributed by atoms with Crippen LogP contribution < -0.4 is 10.5 Å². The minimum atomic E-state index is 0.138. The van der Waals surface area contributed by atoms with Gasteiger partial charge in [0.1, 0.15) is 5.75 Å². The SMILES string of the molecule is CCOc1ccc(C)cc1C(CN)c1ccc(Cl)s1. The Hall–Kier alpha value is -1.03. The second kappa shape index (κ2) is 6.42. The Labute approximate surface area is 123 Å². The summed E-state index contributed by atoms with van der Waals surface area (Å²) in [6.07, 6.45) is 0. The molecule has 0 saturated carbocycles. The maximum absolute atomic E-state index is 6.03. The molecule has 0 aliphatic carbocycles. The molecule has 0 spiro atoms. The first-order valence-electron chi connectivity index (χ1n) is 6.34. The fraction of sp³-hybridized carbons (Fsp3) is 0.333.